The van der Waals surface area contributed by atoms with Gasteiger partial charge in [0.25, 0.3) is 5.91 Å². The van der Waals surface area contributed by atoms with Crippen LogP contribution in [-0.4, -0.2) is 31.7 Å². The molecule has 1 amide bonds. The van der Waals surface area contributed by atoms with Crippen molar-refractivity contribution in [2.45, 2.75) is 30.7 Å². The van der Waals surface area contributed by atoms with E-state index < -0.39 is 10.0 Å². The highest BCUT2D eigenvalue weighted by atomic mass is 35.5. The number of thiophene rings is 2. The summed E-state index contributed by atoms with van der Waals surface area (Å²) in [5.41, 5.74) is 0. The van der Waals surface area contributed by atoms with Gasteiger partial charge in [-0.3, -0.25) is 4.79 Å². The SMILES string of the molecule is O=C(NCc1ccc(Cl)s1)c1sccc1S(=O)(=O)N1CCCCC1. The summed E-state index contributed by atoms with van der Waals surface area (Å²) in [5.74, 6) is -0.370. The fourth-order valence-electron chi connectivity index (χ4n) is 2.60. The normalized spacial score (nSPS) is 16.2. The third kappa shape index (κ3) is 3.83. The Hall–Kier alpha value is -0.930. The maximum Gasteiger partial charge on any atom is 0.263 e. The lowest BCUT2D eigenvalue weighted by Crippen LogP contribution is -2.36. The van der Waals surface area contributed by atoms with Crippen LogP contribution >= 0.6 is 34.3 Å². The summed E-state index contributed by atoms with van der Waals surface area (Å²) in [6.07, 6.45) is 2.78. The van der Waals surface area contributed by atoms with Crippen molar-refractivity contribution in [3.05, 3.63) is 37.7 Å². The molecule has 0 atom stereocenters. The molecule has 9 heteroatoms. The van der Waals surface area contributed by atoms with Gasteiger partial charge in [-0.1, -0.05) is 18.0 Å². The number of halogens is 1. The number of carbonyl (C=O) groups excluding carboxylic acids is 1. The number of hydrogen-bond acceptors (Lipinski definition) is 5. The first kappa shape index (κ1) is 17.9. The molecule has 0 aliphatic carbocycles. The molecule has 130 valence electrons. The maximum atomic E-state index is 12.8. The van der Waals surface area contributed by atoms with Gasteiger partial charge in [-0.25, -0.2) is 8.42 Å². The highest BCUT2D eigenvalue weighted by Gasteiger charge is 2.30. The summed E-state index contributed by atoms with van der Waals surface area (Å²) in [4.78, 5) is 13.7. The van der Waals surface area contributed by atoms with E-state index in [1.54, 1.807) is 11.4 Å². The first-order valence-electron chi connectivity index (χ1n) is 7.58. The molecular formula is C15H17ClN2O3S3. The Morgan fingerprint density at radius 1 is 1.21 bits per heavy atom. The lowest BCUT2D eigenvalue weighted by Gasteiger charge is -2.25. The first-order valence-corrected chi connectivity index (χ1v) is 11.1. The minimum atomic E-state index is -3.61. The molecule has 0 saturated carbocycles. The third-order valence-corrected chi connectivity index (χ3v) is 8.03. The van der Waals surface area contributed by atoms with Gasteiger partial charge in [0.1, 0.15) is 9.77 Å². The summed E-state index contributed by atoms with van der Waals surface area (Å²) in [7, 11) is -3.61. The maximum absolute atomic E-state index is 12.8. The molecule has 0 spiro atoms. The van der Waals surface area contributed by atoms with Gasteiger partial charge >= 0.3 is 0 Å². The number of nitrogens with one attached hydrogen (secondary N) is 1. The lowest BCUT2D eigenvalue weighted by molar-refractivity contribution is 0.0952. The average molecular weight is 405 g/mol. The number of amides is 1. The van der Waals surface area contributed by atoms with Crippen LogP contribution in [0.25, 0.3) is 0 Å². The number of hydrogen-bond donors (Lipinski definition) is 1. The van der Waals surface area contributed by atoms with Crippen molar-refractivity contribution in [2.75, 3.05) is 13.1 Å². The highest BCUT2D eigenvalue weighted by molar-refractivity contribution is 7.89. The Balaban J connectivity index is 1.75. The Kier molecular flexibility index (Phi) is 5.61. The Bertz CT molecular complexity index is 823. The molecule has 3 heterocycles. The van der Waals surface area contributed by atoms with E-state index in [0.29, 0.717) is 24.0 Å². The van der Waals surface area contributed by atoms with E-state index in [9.17, 15) is 13.2 Å². The van der Waals surface area contributed by atoms with E-state index in [-0.39, 0.29) is 15.7 Å². The summed E-state index contributed by atoms with van der Waals surface area (Å²) in [6.45, 7) is 1.37. The van der Waals surface area contributed by atoms with Gasteiger partial charge in [-0.05, 0) is 36.4 Å². The Labute approximate surface area is 154 Å². The van der Waals surface area contributed by atoms with Gasteiger partial charge in [0.2, 0.25) is 10.0 Å². The van der Waals surface area contributed by atoms with Crippen LogP contribution < -0.4 is 5.32 Å². The molecule has 1 aliphatic rings. The van der Waals surface area contributed by atoms with Gasteiger partial charge < -0.3 is 5.32 Å². The van der Waals surface area contributed by atoms with Gasteiger partial charge in [-0.15, -0.1) is 22.7 Å². The fraction of sp³-hybridized carbons (Fsp3) is 0.400. The van der Waals surface area contributed by atoms with Crippen LogP contribution in [0.1, 0.15) is 33.8 Å². The minimum absolute atomic E-state index is 0.108. The molecule has 1 aliphatic heterocycles. The smallest absolute Gasteiger partial charge is 0.263 e. The van der Waals surface area contributed by atoms with Crippen molar-refractivity contribution in [1.82, 2.24) is 9.62 Å². The zero-order valence-electron chi connectivity index (χ0n) is 12.8. The number of carbonyl (C=O) groups is 1. The molecule has 1 fully saturated rings. The highest BCUT2D eigenvalue weighted by Crippen LogP contribution is 2.27. The van der Waals surface area contributed by atoms with Gasteiger partial charge in [-0.2, -0.15) is 4.31 Å². The molecule has 1 saturated heterocycles. The second kappa shape index (κ2) is 7.53. The van der Waals surface area contributed by atoms with Crippen molar-refractivity contribution in [2.24, 2.45) is 0 Å². The topological polar surface area (TPSA) is 66.5 Å². The largest absolute Gasteiger partial charge is 0.346 e. The van der Waals surface area contributed by atoms with Crippen LogP contribution in [0.3, 0.4) is 0 Å². The molecule has 3 rings (SSSR count). The van der Waals surface area contributed by atoms with Crippen LogP contribution in [-0.2, 0) is 16.6 Å². The molecule has 5 nitrogen and oxygen atoms in total. The van der Waals surface area contributed by atoms with Crippen molar-refractivity contribution in [3.8, 4) is 0 Å². The molecule has 2 aromatic heterocycles. The number of sulfonamides is 1. The van der Waals surface area contributed by atoms with E-state index in [1.165, 1.54) is 21.7 Å². The molecular weight excluding hydrogens is 388 g/mol. The Morgan fingerprint density at radius 3 is 2.62 bits per heavy atom. The van der Waals surface area contributed by atoms with E-state index >= 15 is 0 Å². The summed E-state index contributed by atoms with van der Waals surface area (Å²) >= 11 is 8.40. The first-order chi connectivity index (χ1) is 11.5. The second-order valence-corrected chi connectivity index (χ2v) is 10.1. The van der Waals surface area contributed by atoms with E-state index in [4.69, 9.17) is 11.6 Å². The summed E-state index contributed by atoms with van der Waals surface area (Å²) in [6, 6.07) is 5.13. The van der Waals surface area contributed by atoms with E-state index in [0.717, 1.165) is 35.5 Å². The van der Waals surface area contributed by atoms with Gasteiger partial charge in [0.15, 0.2) is 0 Å². The number of rotatable bonds is 5. The molecule has 2 aromatic rings. The zero-order chi connectivity index (χ0) is 17.2. The quantitative estimate of drug-likeness (QED) is 0.828. The number of nitrogens with zero attached hydrogens (tertiary/aromatic N) is 1. The molecule has 24 heavy (non-hydrogen) atoms. The lowest BCUT2D eigenvalue weighted by atomic mass is 10.2. The van der Waals surface area contributed by atoms with Crippen LogP contribution in [0.4, 0.5) is 0 Å². The van der Waals surface area contributed by atoms with E-state index in [1.807, 2.05) is 6.07 Å². The monoisotopic (exact) mass is 404 g/mol. The van der Waals surface area contributed by atoms with Crippen LogP contribution in [0.5, 0.6) is 0 Å². The van der Waals surface area contributed by atoms with Crippen molar-refractivity contribution < 1.29 is 13.2 Å². The Morgan fingerprint density at radius 2 is 1.96 bits per heavy atom. The second-order valence-electron chi connectivity index (χ2n) is 5.47. The van der Waals surface area contributed by atoms with Crippen LogP contribution in [0.2, 0.25) is 4.34 Å². The van der Waals surface area contributed by atoms with E-state index in [2.05, 4.69) is 5.32 Å². The van der Waals surface area contributed by atoms with Gasteiger partial charge in [0, 0.05) is 18.0 Å². The summed E-state index contributed by atoms with van der Waals surface area (Å²) in [5, 5.41) is 4.42. The average Bonchev–Trinajstić information content (AvgIpc) is 3.23. The van der Waals surface area contributed by atoms with Crippen LogP contribution in [0, 0.1) is 0 Å². The van der Waals surface area contributed by atoms with Crippen molar-refractivity contribution in [1.29, 1.82) is 0 Å². The minimum Gasteiger partial charge on any atom is -0.346 e. The molecule has 0 unspecified atom stereocenters. The fourth-order valence-corrected chi connectivity index (χ4v) is 6.47. The predicted molar refractivity (Wildman–Crippen MR) is 97.4 cm³/mol. The third-order valence-electron chi connectivity index (χ3n) is 3.82. The standard InChI is InChI=1S/C15H17ClN2O3S3/c16-13-5-4-11(23-13)10-17-15(19)14-12(6-9-22-14)24(20,21)18-7-2-1-3-8-18/h4-6,9H,1-3,7-8,10H2,(H,17,19). The molecule has 0 bridgehead atoms. The summed E-state index contributed by atoms with van der Waals surface area (Å²) < 4.78 is 27.7. The van der Waals surface area contributed by atoms with Gasteiger partial charge in [0.05, 0.1) is 10.9 Å². The van der Waals surface area contributed by atoms with Crippen molar-refractivity contribution in [3.63, 3.8) is 0 Å². The molecule has 1 N–H and O–H groups in total. The van der Waals surface area contributed by atoms with Crippen LogP contribution in [0.15, 0.2) is 28.5 Å². The molecule has 0 aromatic carbocycles. The molecule has 0 radical (unpaired) electrons. The number of piperidine rings is 1. The predicted octanol–water partition coefficient (Wildman–Crippen LogP) is 3.57. The zero-order valence-corrected chi connectivity index (χ0v) is 16.0. The van der Waals surface area contributed by atoms with Crippen molar-refractivity contribution >= 4 is 50.2 Å².